The number of piperazine rings is 1. The monoisotopic (exact) mass is 499 g/mol. The molecule has 5 nitrogen and oxygen atoms in total. The van der Waals surface area contributed by atoms with Crippen molar-refractivity contribution in [1.82, 2.24) is 10.2 Å². The van der Waals surface area contributed by atoms with Gasteiger partial charge in [-0.3, -0.25) is 9.59 Å². The smallest absolute Gasteiger partial charge is 0.251 e. The van der Waals surface area contributed by atoms with E-state index in [4.69, 9.17) is 23.2 Å². The molecule has 0 aliphatic carbocycles. The lowest BCUT2D eigenvalue weighted by molar-refractivity contribution is -0.130. The van der Waals surface area contributed by atoms with Gasteiger partial charge in [-0.2, -0.15) is 0 Å². The predicted molar refractivity (Wildman–Crippen MR) is 133 cm³/mol. The average molecular weight is 500 g/mol. The van der Waals surface area contributed by atoms with Crippen molar-refractivity contribution in [3.63, 3.8) is 0 Å². The van der Waals surface area contributed by atoms with Crippen LogP contribution >= 0.6 is 23.2 Å². The standard InChI is InChI=1S/C26H24Cl2FN3O2/c27-22-5-3-6-23(28)21(22)16-25(33)32-14-12-31(13-15-32)20-10-8-18(9-11-20)26(34)30-17-19-4-1-2-7-24(19)29/h1-11H,12-17H2,(H,30,34). The van der Waals surface area contributed by atoms with Gasteiger partial charge in [0.1, 0.15) is 5.82 Å². The Bertz CT molecular complexity index is 1160. The summed E-state index contributed by atoms with van der Waals surface area (Å²) in [7, 11) is 0. The van der Waals surface area contributed by atoms with E-state index < -0.39 is 0 Å². The maximum Gasteiger partial charge on any atom is 0.251 e. The molecule has 0 bridgehead atoms. The van der Waals surface area contributed by atoms with Crippen molar-refractivity contribution in [3.8, 4) is 0 Å². The zero-order valence-electron chi connectivity index (χ0n) is 18.4. The fraction of sp³-hybridized carbons (Fsp3) is 0.231. The lowest BCUT2D eigenvalue weighted by atomic mass is 10.1. The van der Waals surface area contributed by atoms with Gasteiger partial charge < -0.3 is 15.1 Å². The summed E-state index contributed by atoms with van der Waals surface area (Å²) in [6, 6.07) is 18.9. The van der Waals surface area contributed by atoms with Gasteiger partial charge >= 0.3 is 0 Å². The molecule has 1 fully saturated rings. The molecule has 0 spiro atoms. The number of hydrogen-bond donors (Lipinski definition) is 1. The van der Waals surface area contributed by atoms with Crippen molar-refractivity contribution in [3.05, 3.63) is 99.3 Å². The van der Waals surface area contributed by atoms with Gasteiger partial charge in [-0.1, -0.05) is 47.5 Å². The van der Waals surface area contributed by atoms with Crippen LogP contribution in [0.15, 0.2) is 66.7 Å². The first-order valence-electron chi connectivity index (χ1n) is 11.0. The molecule has 1 heterocycles. The molecular formula is C26H24Cl2FN3O2. The van der Waals surface area contributed by atoms with Crippen molar-refractivity contribution in [2.24, 2.45) is 0 Å². The topological polar surface area (TPSA) is 52.7 Å². The third-order valence-corrected chi connectivity index (χ3v) is 6.62. The first-order chi connectivity index (χ1) is 16.4. The molecule has 8 heteroatoms. The summed E-state index contributed by atoms with van der Waals surface area (Å²) in [6.45, 7) is 2.67. The molecule has 0 atom stereocenters. The zero-order chi connectivity index (χ0) is 24.1. The number of rotatable bonds is 6. The molecular weight excluding hydrogens is 476 g/mol. The van der Waals surface area contributed by atoms with Crippen LogP contribution in [-0.4, -0.2) is 42.9 Å². The fourth-order valence-electron chi connectivity index (χ4n) is 3.92. The molecule has 1 N–H and O–H groups in total. The quantitative estimate of drug-likeness (QED) is 0.521. The Balaban J connectivity index is 1.29. The Kier molecular flexibility index (Phi) is 7.70. The molecule has 1 aliphatic rings. The van der Waals surface area contributed by atoms with Crippen LogP contribution in [0.25, 0.3) is 0 Å². The Labute approximate surface area is 208 Å². The number of carbonyl (C=O) groups is 2. The minimum absolute atomic E-state index is 0.00322. The summed E-state index contributed by atoms with van der Waals surface area (Å²) in [5, 5.41) is 3.74. The molecule has 1 aliphatic heterocycles. The maximum atomic E-state index is 13.7. The predicted octanol–water partition coefficient (Wildman–Crippen LogP) is 4.95. The van der Waals surface area contributed by atoms with E-state index in [0.29, 0.717) is 52.9 Å². The fourth-order valence-corrected chi connectivity index (χ4v) is 4.45. The van der Waals surface area contributed by atoms with Crippen LogP contribution < -0.4 is 10.2 Å². The summed E-state index contributed by atoms with van der Waals surface area (Å²) >= 11 is 12.4. The van der Waals surface area contributed by atoms with Crippen molar-refractivity contribution in [1.29, 1.82) is 0 Å². The van der Waals surface area contributed by atoms with E-state index >= 15 is 0 Å². The maximum absolute atomic E-state index is 13.7. The Hall–Kier alpha value is -3.09. The minimum atomic E-state index is -0.342. The van der Waals surface area contributed by atoms with E-state index in [1.807, 2.05) is 17.0 Å². The van der Waals surface area contributed by atoms with E-state index in [1.54, 1.807) is 48.5 Å². The number of nitrogens with one attached hydrogen (secondary N) is 1. The van der Waals surface area contributed by atoms with E-state index in [-0.39, 0.29) is 30.6 Å². The minimum Gasteiger partial charge on any atom is -0.368 e. The highest BCUT2D eigenvalue weighted by Gasteiger charge is 2.23. The Morgan fingerprint density at radius 2 is 1.50 bits per heavy atom. The average Bonchev–Trinajstić information content (AvgIpc) is 2.86. The van der Waals surface area contributed by atoms with Gasteiger partial charge in [-0.15, -0.1) is 0 Å². The van der Waals surface area contributed by atoms with Crippen LogP contribution in [0.3, 0.4) is 0 Å². The first kappa shape index (κ1) is 24.0. The molecule has 0 aromatic heterocycles. The molecule has 176 valence electrons. The third kappa shape index (κ3) is 5.69. The molecule has 4 rings (SSSR count). The van der Waals surface area contributed by atoms with Gasteiger partial charge in [0.15, 0.2) is 0 Å². The van der Waals surface area contributed by atoms with Crippen molar-refractivity contribution in [2.45, 2.75) is 13.0 Å². The zero-order valence-corrected chi connectivity index (χ0v) is 20.0. The molecule has 34 heavy (non-hydrogen) atoms. The lowest BCUT2D eigenvalue weighted by Crippen LogP contribution is -2.49. The number of carbonyl (C=O) groups excluding carboxylic acids is 2. The van der Waals surface area contributed by atoms with Gasteiger partial charge in [-0.25, -0.2) is 4.39 Å². The van der Waals surface area contributed by atoms with E-state index in [2.05, 4.69) is 10.2 Å². The van der Waals surface area contributed by atoms with Gasteiger partial charge in [-0.05, 0) is 48.0 Å². The van der Waals surface area contributed by atoms with Crippen molar-refractivity contribution >= 4 is 40.7 Å². The van der Waals surface area contributed by atoms with Gasteiger partial charge in [0.2, 0.25) is 5.91 Å². The number of benzene rings is 3. The molecule has 1 saturated heterocycles. The molecule has 2 amide bonds. The van der Waals surface area contributed by atoms with E-state index in [9.17, 15) is 14.0 Å². The van der Waals surface area contributed by atoms with Crippen molar-refractivity contribution in [2.75, 3.05) is 31.1 Å². The molecule has 0 unspecified atom stereocenters. The Morgan fingerprint density at radius 1 is 0.853 bits per heavy atom. The van der Waals surface area contributed by atoms with Crippen LogP contribution in [0.4, 0.5) is 10.1 Å². The molecule has 0 saturated carbocycles. The number of halogens is 3. The first-order valence-corrected chi connectivity index (χ1v) is 11.8. The van der Waals surface area contributed by atoms with Crippen LogP contribution in [0.5, 0.6) is 0 Å². The summed E-state index contributed by atoms with van der Waals surface area (Å²) in [6.07, 6.45) is 0.176. The second-order valence-electron chi connectivity index (χ2n) is 8.07. The normalized spacial score (nSPS) is 13.6. The van der Waals surface area contributed by atoms with E-state index in [1.165, 1.54) is 6.07 Å². The van der Waals surface area contributed by atoms with Gasteiger partial charge in [0.05, 0.1) is 6.42 Å². The molecule has 3 aromatic rings. The highest BCUT2D eigenvalue weighted by Crippen LogP contribution is 2.25. The van der Waals surface area contributed by atoms with Crippen LogP contribution in [0.2, 0.25) is 10.0 Å². The summed E-state index contributed by atoms with van der Waals surface area (Å²) in [5.41, 5.74) is 2.58. The van der Waals surface area contributed by atoms with Gasteiger partial charge in [0.25, 0.3) is 5.91 Å². The van der Waals surface area contributed by atoms with E-state index in [0.717, 1.165) is 5.69 Å². The number of hydrogen-bond acceptors (Lipinski definition) is 3. The molecule has 3 aromatic carbocycles. The summed E-state index contributed by atoms with van der Waals surface area (Å²) < 4.78 is 13.7. The number of amides is 2. The summed E-state index contributed by atoms with van der Waals surface area (Å²) in [4.78, 5) is 29.2. The molecule has 0 radical (unpaired) electrons. The summed E-state index contributed by atoms with van der Waals surface area (Å²) in [5.74, 6) is -0.606. The SMILES string of the molecule is O=C(NCc1ccccc1F)c1ccc(N2CCN(C(=O)Cc3c(Cl)cccc3Cl)CC2)cc1. The Morgan fingerprint density at radius 3 is 2.15 bits per heavy atom. The second kappa shape index (κ2) is 10.9. The lowest BCUT2D eigenvalue weighted by Gasteiger charge is -2.36. The number of nitrogens with zero attached hydrogens (tertiary/aromatic N) is 2. The largest absolute Gasteiger partial charge is 0.368 e. The third-order valence-electron chi connectivity index (χ3n) is 5.91. The van der Waals surface area contributed by atoms with Gasteiger partial charge in [0, 0.05) is 59.6 Å². The van der Waals surface area contributed by atoms with Crippen molar-refractivity contribution < 1.29 is 14.0 Å². The highest BCUT2D eigenvalue weighted by atomic mass is 35.5. The highest BCUT2D eigenvalue weighted by molar-refractivity contribution is 6.36. The van der Waals surface area contributed by atoms with Crippen LogP contribution in [0, 0.1) is 5.82 Å². The number of anilines is 1. The van der Waals surface area contributed by atoms with Crippen LogP contribution in [-0.2, 0) is 17.8 Å². The van der Waals surface area contributed by atoms with Crippen LogP contribution in [0.1, 0.15) is 21.5 Å². The second-order valence-corrected chi connectivity index (χ2v) is 8.88.